The first-order chi connectivity index (χ1) is 12.7. The molecule has 1 aromatic rings. The van der Waals surface area contributed by atoms with E-state index in [0.717, 1.165) is 37.7 Å². The van der Waals surface area contributed by atoms with Crippen molar-refractivity contribution in [2.75, 3.05) is 6.61 Å². The molecule has 0 aliphatic heterocycles. The molecule has 1 N–H and O–H groups in total. The number of unbranched alkanes of at least 4 members (excludes halogenated alkanes) is 7. The zero-order valence-electron chi connectivity index (χ0n) is 17.6. The average molecular weight is 397 g/mol. The van der Waals surface area contributed by atoms with Gasteiger partial charge < -0.3 is 4.74 Å². The quantitative estimate of drug-likeness (QED) is 0.349. The fraction of sp³-hybridized carbons (Fsp3) is 0.727. The Morgan fingerprint density at radius 2 is 1.52 bits per heavy atom. The molecule has 0 spiro atoms. The fourth-order valence-corrected chi connectivity index (χ4v) is 3.96. The molecule has 1 rings (SSSR count). The maximum Gasteiger partial charge on any atom is 0.257 e. The number of rotatable bonds is 14. The fourth-order valence-electron chi connectivity index (χ4n) is 3.28. The van der Waals surface area contributed by atoms with Crippen LogP contribution in [-0.4, -0.2) is 15.0 Å². The largest absolute Gasteiger partial charge is 0.492 e. The third kappa shape index (κ3) is 8.65. The summed E-state index contributed by atoms with van der Waals surface area (Å²) in [7, 11) is -4.07. The van der Waals surface area contributed by atoms with E-state index in [1.807, 2.05) is 6.07 Å². The SMILES string of the molecule is CCCCCCCCOc1ccc(C(C)(C)CCCCC)cc1S([NH])(=O)=O. The normalized spacial score (nSPS) is 12.3. The second-order valence-electron chi connectivity index (χ2n) is 8.12. The van der Waals surface area contributed by atoms with Crippen LogP contribution in [0.4, 0.5) is 0 Å². The van der Waals surface area contributed by atoms with Gasteiger partial charge in [-0.3, -0.25) is 0 Å². The number of sulfonamides is 1. The van der Waals surface area contributed by atoms with Crippen LogP contribution in [-0.2, 0) is 15.4 Å². The Morgan fingerprint density at radius 1 is 0.926 bits per heavy atom. The number of hydrogen-bond acceptors (Lipinski definition) is 3. The second-order valence-corrected chi connectivity index (χ2v) is 9.57. The summed E-state index contributed by atoms with van der Waals surface area (Å²) in [4.78, 5) is -0.00505. The van der Waals surface area contributed by atoms with E-state index in [4.69, 9.17) is 9.88 Å². The first-order valence-corrected chi connectivity index (χ1v) is 12.0. The van der Waals surface area contributed by atoms with Crippen molar-refractivity contribution in [3.05, 3.63) is 23.8 Å². The van der Waals surface area contributed by atoms with Crippen LogP contribution in [0.15, 0.2) is 23.1 Å². The van der Waals surface area contributed by atoms with E-state index >= 15 is 0 Å². The first kappa shape index (κ1) is 24.0. The summed E-state index contributed by atoms with van der Waals surface area (Å²) in [5, 5.41) is 7.57. The molecule has 0 atom stereocenters. The van der Waals surface area contributed by atoms with Crippen molar-refractivity contribution >= 4 is 10.0 Å². The van der Waals surface area contributed by atoms with Gasteiger partial charge in [-0.1, -0.05) is 85.1 Å². The van der Waals surface area contributed by atoms with Gasteiger partial charge in [0.1, 0.15) is 10.6 Å². The highest BCUT2D eigenvalue weighted by molar-refractivity contribution is 7.89. The smallest absolute Gasteiger partial charge is 0.257 e. The van der Waals surface area contributed by atoms with Gasteiger partial charge in [-0.2, -0.15) is 0 Å². The number of ether oxygens (including phenoxy) is 1. The second kappa shape index (κ2) is 11.7. The predicted molar refractivity (Wildman–Crippen MR) is 113 cm³/mol. The van der Waals surface area contributed by atoms with Crippen LogP contribution in [0, 0.1) is 0 Å². The Balaban J connectivity index is 2.79. The molecule has 0 saturated heterocycles. The molecule has 1 radical (unpaired) electrons. The Bertz CT molecular complexity index is 654. The molecule has 0 heterocycles. The third-order valence-corrected chi connectivity index (χ3v) is 6.07. The van der Waals surface area contributed by atoms with Crippen molar-refractivity contribution in [3.8, 4) is 5.75 Å². The van der Waals surface area contributed by atoms with Crippen molar-refractivity contribution < 1.29 is 13.2 Å². The standard InChI is InChI=1S/C22H38NO3S/c1-5-7-9-10-11-13-17-26-20-15-14-19(18-21(20)27(23,24)25)22(3,4)16-12-8-6-2/h14-15,18,23H,5-13,16-17H2,1-4H3. The van der Waals surface area contributed by atoms with Gasteiger partial charge in [0, 0.05) is 0 Å². The van der Waals surface area contributed by atoms with Crippen molar-refractivity contribution in [1.82, 2.24) is 5.14 Å². The minimum atomic E-state index is -4.07. The highest BCUT2D eigenvalue weighted by Crippen LogP contribution is 2.34. The van der Waals surface area contributed by atoms with Gasteiger partial charge in [-0.05, 0) is 36.0 Å². The van der Waals surface area contributed by atoms with E-state index in [1.165, 1.54) is 32.1 Å². The minimum Gasteiger partial charge on any atom is -0.492 e. The van der Waals surface area contributed by atoms with Gasteiger partial charge in [0.25, 0.3) is 10.0 Å². The zero-order valence-corrected chi connectivity index (χ0v) is 18.5. The molecule has 5 heteroatoms. The molecule has 4 nitrogen and oxygen atoms in total. The molecule has 155 valence electrons. The Labute approximate surface area is 166 Å². The molecule has 1 aromatic carbocycles. The van der Waals surface area contributed by atoms with Crippen LogP contribution in [0.3, 0.4) is 0 Å². The average Bonchev–Trinajstić information content (AvgIpc) is 2.60. The Kier molecular flexibility index (Phi) is 10.4. The van der Waals surface area contributed by atoms with Crippen molar-refractivity contribution in [2.45, 2.75) is 102 Å². The summed E-state index contributed by atoms with van der Waals surface area (Å²) in [5.41, 5.74) is 0.836. The van der Waals surface area contributed by atoms with Crippen LogP contribution in [0.1, 0.15) is 97.5 Å². The number of nitrogens with one attached hydrogen (secondary N) is 1. The van der Waals surface area contributed by atoms with E-state index < -0.39 is 10.0 Å². The van der Waals surface area contributed by atoms with Gasteiger partial charge in [0.05, 0.1) is 6.61 Å². The van der Waals surface area contributed by atoms with Crippen molar-refractivity contribution in [1.29, 1.82) is 0 Å². The summed E-state index contributed by atoms with van der Waals surface area (Å²) in [6.45, 7) is 9.13. The van der Waals surface area contributed by atoms with Crippen LogP contribution in [0.2, 0.25) is 0 Å². The van der Waals surface area contributed by atoms with E-state index in [1.54, 1.807) is 12.1 Å². The van der Waals surface area contributed by atoms with Crippen molar-refractivity contribution in [2.24, 2.45) is 0 Å². The lowest BCUT2D eigenvalue weighted by atomic mass is 9.80. The number of hydrogen-bond donors (Lipinski definition) is 0. The highest BCUT2D eigenvalue weighted by Gasteiger charge is 2.24. The molecule has 0 bridgehead atoms. The molecule has 0 aliphatic carbocycles. The van der Waals surface area contributed by atoms with Gasteiger partial charge in [-0.25, -0.2) is 8.42 Å². The highest BCUT2D eigenvalue weighted by atomic mass is 32.2. The maximum atomic E-state index is 12.0. The summed E-state index contributed by atoms with van der Waals surface area (Å²) < 4.78 is 29.7. The monoisotopic (exact) mass is 396 g/mol. The minimum absolute atomic E-state index is 0.00505. The van der Waals surface area contributed by atoms with Gasteiger partial charge in [0.2, 0.25) is 0 Å². The first-order valence-electron chi connectivity index (χ1n) is 10.5. The van der Waals surface area contributed by atoms with Crippen LogP contribution < -0.4 is 9.88 Å². The lowest BCUT2D eigenvalue weighted by molar-refractivity contribution is 0.296. The summed E-state index contributed by atoms with van der Waals surface area (Å²) in [6, 6.07) is 5.33. The lowest BCUT2D eigenvalue weighted by Crippen LogP contribution is -2.18. The van der Waals surface area contributed by atoms with E-state index in [9.17, 15) is 8.42 Å². The molecule has 0 unspecified atom stereocenters. The molecule has 0 amide bonds. The summed E-state index contributed by atoms with van der Waals surface area (Å²) in [5.74, 6) is 0.312. The van der Waals surface area contributed by atoms with Gasteiger partial charge >= 0.3 is 0 Å². The van der Waals surface area contributed by atoms with E-state index in [2.05, 4.69) is 27.7 Å². The Hall–Kier alpha value is -1.07. The lowest BCUT2D eigenvalue weighted by Gasteiger charge is -2.26. The molecular weight excluding hydrogens is 358 g/mol. The summed E-state index contributed by atoms with van der Waals surface area (Å²) >= 11 is 0. The molecule has 0 fully saturated rings. The van der Waals surface area contributed by atoms with Crippen molar-refractivity contribution in [3.63, 3.8) is 0 Å². The maximum absolute atomic E-state index is 12.0. The van der Waals surface area contributed by atoms with Crippen LogP contribution in [0.5, 0.6) is 5.75 Å². The van der Waals surface area contributed by atoms with Crippen LogP contribution >= 0.6 is 0 Å². The summed E-state index contributed by atoms with van der Waals surface area (Å²) in [6.07, 6.45) is 11.4. The van der Waals surface area contributed by atoms with Gasteiger partial charge in [0.15, 0.2) is 0 Å². The van der Waals surface area contributed by atoms with E-state index in [0.29, 0.717) is 12.4 Å². The Morgan fingerprint density at radius 3 is 2.15 bits per heavy atom. The predicted octanol–water partition coefficient (Wildman–Crippen LogP) is 6.26. The topological polar surface area (TPSA) is 67.2 Å². The number of benzene rings is 1. The molecular formula is C22H38NO3S. The molecule has 0 aromatic heterocycles. The molecule has 27 heavy (non-hydrogen) atoms. The third-order valence-electron chi connectivity index (χ3n) is 5.18. The van der Waals surface area contributed by atoms with E-state index in [-0.39, 0.29) is 10.3 Å². The zero-order chi connectivity index (χ0) is 20.3. The molecule has 0 saturated carbocycles. The van der Waals surface area contributed by atoms with Gasteiger partial charge in [-0.15, -0.1) is 5.14 Å². The van der Waals surface area contributed by atoms with Crippen LogP contribution in [0.25, 0.3) is 0 Å². The molecule has 0 aliphatic rings.